The Bertz CT molecular complexity index is 1430. The van der Waals surface area contributed by atoms with Crippen LogP contribution in [0, 0.1) is 6.92 Å². The van der Waals surface area contributed by atoms with Crippen LogP contribution in [0.2, 0.25) is 5.02 Å². The van der Waals surface area contributed by atoms with E-state index in [0.29, 0.717) is 51.4 Å². The number of nitrogens with one attached hydrogen (secondary N) is 1. The number of benzene rings is 2. The number of carbonyl (C=O) groups is 1. The number of unbranched alkanes of at least 4 members (excludes halogenated alkanes) is 1. The Labute approximate surface area is 219 Å². The highest BCUT2D eigenvalue weighted by Crippen LogP contribution is 2.47. The number of aryl methyl sites for hydroxylation is 1. The number of H-pyrrole nitrogens is 1. The minimum absolute atomic E-state index is 0.0316. The van der Waals surface area contributed by atoms with E-state index in [9.17, 15) is 9.90 Å². The summed E-state index contributed by atoms with van der Waals surface area (Å²) in [5.74, 6) is 1.65. The number of aromatic hydroxyl groups is 1. The highest BCUT2D eigenvalue weighted by atomic mass is 35.5. The first-order chi connectivity index (χ1) is 17.9. The Hall–Kier alpha value is -3.91. The predicted molar refractivity (Wildman–Crippen MR) is 139 cm³/mol. The van der Waals surface area contributed by atoms with Crippen molar-refractivity contribution in [2.75, 3.05) is 13.7 Å². The molecule has 0 aliphatic carbocycles. The minimum Gasteiger partial charge on any atom is -0.507 e. The van der Waals surface area contributed by atoms with Crippen LogP contribution >= 0.6 is 11.6 Å². The van der Waals surface area contributed by atoms with E-state index < -0.39 is 6.04 Å². The molecule has 5 rings (SSSR count). The van der Waals surface area contributed by atoms with Crippen LogP contribution in [0.4, 0.5) is 0 Å². The van der Waals surface area contributed by atoms with Crippen molar-refractivity contribution < 1.29 is 23.8 Å². The van der Waals surface area contributed by atoms with Gasteiger partial charge in [-0.15, -0.1) is 0 Å². The van der Waals surface area contributed by atoms with Crippen molar-refractivity contribution in [2.24, 2.45) is 0 Å². The maximum absolute atomic E-state index is 13.6. The number of rotatable bonds is 9. The van der Waals surface area contributed by atoms with Gasteiger partial charge in [-0.3, -0.25) is 9.89 Å². The SMILES string of the molecule is CCCCOc1ccc(C2c3c(-c4cc(Cl)c(C)cc4O)n[nH]c3C(=O)N2Cc2ccco2)cc1OC. The number of hydrogen-bond donors (Lipinski definition) is 2. The van der Waals surface area contributed by atoms with Gasteiger partial charge in [-0.1, -0.05) is 31.0 Å². The second kappa shape index (κ2) is 10.2. The molecule has 0 saturated carbocycles. The first-order valence-corrected chi connectivity index (χ1v) is 12.5. The molecule has 4 aromatic rings. The number of aromatic amines is 1. The Morgan fingerprint density at radius 1 is 1.22 bits per heavy atom. The van der Waals surface area contributed by atoms with Gasteiger partial charge >= 0.3 is 0 Å². The number of aromatic nitrogens is 2. The third-order valence-corrected chi connectivity index (χ3v) is 6.97. The van der Waals surface area contributed by atoms with Crippen LogP contribution < -0.4 is 9.47 Å². The zero-order valence-corrected chi connectivity index (χ0v) is 21.6. The van der Waals surface area contributed by atoms with Gasteiger partial charge in [0.25, 0.3) is 5.91 Å². The van der Waals surface area contributed by atoms with Crippen molar-refractivity contribution in [2.45, 2.75) is 39.3 Å². The van der Waals surface area contributed by atoms with E-state index in [0.717, 1.165) is 24.0 Å². The van der Waals surface area contributed by atoms with Crippen LogP contribution in [-0.2, 0) is 6.54 Å². The van der Waals surface area contributed by atoms with Crippen LogP contribution in [-0.4, -0.2) is 39.8 Å². The maximum atomic E-state index is 13.6. The second-order valence-corrected chi connectivity index (χ2v) is 9.41. The normalized spacial score (nSPS) is 14.8. The van der Waals surface area contributed by atoms with Gasteiger partial charge < -0.3 is 23.9 Å². The topological polar surface area (TPSA) is 101 Å². The Morgan fingerprint density at radius 2 is 2.05 bits per heavy atom. The molecule has 37 heavy (non-hydrogen) atoms. The number of amides is 1. The van der Waals surface area contributed by atoms with E-state index in [-0.39, 0.29) is 18.2 Å². The summed E-state index contributed by atoms with van der Waals surface area (Å²) in [6, 6.07) is 12.0. The number of furan rings is 1. The van der Waals surface area contributed by atoms with E-state index in [1.807, 2.05) is 31.2 Å². The van der Waals surface area contributed by atoms with Crippen molar-refractivity contribution in [3.05, 3.63) is 81.9 Å². The fraction of sp³-hybridized carbons (Fsp3) is 0.286. The van der Waals surface area contributed by atoms with E-state index in [4.69, 9.17) is 25.5 Å². The third-order valence-electron chi connectivity index (χ3n) is 6.56. The van der Waals surface area contributed by atoms with Crippen molar-refractivity contribution in [3.63, 3.8) is 0 Å². The third kappa shape index (κ3) is 4.53. The molecule has 0 saturated heterocycles. The van der Waals surface area contributed by atoms with Crippen molar-refractivity contribution in [1.82, 2.24) is 15.1 Å². The molecule has 1 atom stereocenters. The fourth-order valence-electron chi connectivity index (χ4n) is 4.64. The summed E-state index contributed by atoms with van der Waals surface area (Å²) in [6.45, 7) is 4.75. The maximum Gasteiger partial charge on any atom is 0.273 e. The van der Waals surface area contributed by atoms with Gasteiger partial charge in [0.1, 0.15) is 22.9 Å². The summed E-state index contributed by atoms with van der Waals surface area (Å²) in [5.41, 5.74) is 3.44. The van der Waals surface area contributed by atoms with Gasteiger partial charge in [0.15, 0.2) is 11.5 Å². The van der Waals surface area contributed by atoms with Gasteiger partial charge in [-0.25, -0.2) is 0 Å². The van der Waals surface area contributed by atoms with Gasteiger partial charge in [-0.05, 0) is 60.9 Å². The monoisotopic (exact) mass is 521 g/mol. The highest BCUT2D eigenvalue weighted by Gasteiger charge is 2.43. The Kier molecular flexibility index (Phi) is 6.84. The Balaban J connectivity index is 1.63. The highest BCUT2D eigenvalue weighted by molar-refractivity contribution is 6.31. The molecule has 0 spiro atoms. The van der Waals surface area contributed by atoms with Crippen LogP contribution in [0.5, 0.6) is 17.2 Å². The fourth-order valence-corrected chi connectivity index (χ4v) is 4.80. The molecular formula is C28H28ClN3O5. The molecule has 192 valence electrons. The minimum atomic E-state index is -0.528. The molecule has 0 bridgehead atoms. The summed E-state index contributed by atoms with van der Waals surface area (Å²) in [4.78, 5) is 15.3. The lowest BCUT2D eigenvalue weighted by Crippen LogP contribution is -2.29. The lowest BCUT2D eigenvalue weighted by Gasteiger charge is -2.26. The number of phenolic OH excluding ortho intramolecular Hbond substituents is 1. The molecule has 1 unspecified atom stereocenters. The molecule has 1 aliphatic heterocycles. The van der Waals surface area contributed by atoms with E-state index in [1.54, 1.807) is 36.5 Å². The molecule has 3 heterocycles. The average Bonchev–Trinajstić information content (AvgIpc) is 3.61. The number of fused-ring (bicyclic) bond motifs is 1. The van der Waals surface area contributed by atoms with Gasteiger partial charge in [0, 0.05) is 16.1 Å². The molecule has 2 N–H and O–H groups in total. The Morgan fingerprint density at radius 3 is 2.78 bits per heavy atom. The van der Waals surface area contributed by atoms with Gasteiger partial charge in [0.2, 0.25) is 0 Å². The standard InChI is InChI=1S/C28H28ClN3O5/c1-4-5-10-37-22-9-8-17(13-23(22)35-3)27-24-25(19-14-20(29)16(2)12-21(19)33)30-31-26(24)28(34)32(27)15-18-7-6-11-36-18/h6-9,11-14,27,33H,4-5,10,15H2,1-3H3,(H,30,31). The number of nitrogens with zero attached hydrogens (tertiary/aromatic N) is 2. The zero-order chi connectivity index (χ0) is 26.1. The van der Waals surface area contributed by atoms with Crippen molar-refractivity contribution in [1.29, 1.82) is 0 Å². The molecule has 8 nitrogen and oxygen atoms in total. The van der Waals surface area contributed by atoms with Crippen molar-refractivity contribution >= 4 is 17.5 Å². The largest absolute Gasteiger partial charge is 0.507 e. The number of phenols is 1. The molecule has 0 fully saturated rings. The quantitative estimate of drug-likeness (QED) is 0.252. The number of ether oxygens (including phenoxy) is 2. The average molecular weight is 522 g/mol. The number of carbonyl (C=O) groups excluding carboxylic acids is 1. The summed E-state index contributed by atoms with van der Waals surface area (Å²) in [7, 11) is 1.59. The van der Waals surface area contributed by atoms with Gasteiger partial charge in [-0.2, -0.15) is 5.10 Å². The lowest BCUT2D eigenvalue weighted by molar-refractivity contribution is 0.0716. The molecular weight excluding hydrogens is 494 g/mol. The van der Waals surface area contributed by atoms with Crippen LogP contribution in [0.3, 0.4) is 0 Å². The molecule has 1 amide bonds. The van der Waals surface area contributed by atoms with E-state index in [2.05, 4.69) is 17.1 Å². The van der Waals surface area contributed by atoms with Crippen molar-refractivity contribution in [3.8, 4) is 28.5 Å². The number of halogens is 1. The van der Waals surface area contributed by atoms with Crippen LogP contribution in [0.25, 0.3) is 11.3 Å². The van der Waals surface area contributed by atoms with Crippen LogP contribution in [0.15, 0.2) is 53.1 Å². The lowest BCUT2D eigenvalue weighted by atomic mass is 9.95. The first-order valence-electron chi connectivity index (χ1n) is 12.1. The molecule has 2 aromatic carbocycles. The number of hydrogen-bond acceptors (Lipinski definition) is 6. The first kappa shape index (κ1) is 24.8. The molecule has 2 aromatic heterocycles. The summed E-state index contributed by atoms with van der Waals surface area (Å²) >= 11 is 6.40. The molecule has 1 aliphatic rings. The zero-order valence-electron chi connectivity index (χ0n) is 20.9. The van der Waals surface area contributed by atoms with E-state index in [1.165, 1.54) is 0 Å². The second-order valence-electron chi connectivity index (χ2n) is 9.01. The smallest absolute Gasteiger partial charge is 0.273 e. The van der Waals surface area contributed by atoms with Gasteiger partial charge in [0.05, 0.1) is 32.6 Å². The number of methoxy groups -OCH3 is 1. The summed E-state index contributed by atoms with van der Waals surface area (Å²) < 4.78 is 17.1. The molecule has 9 heteroatoms. The summed E-state index contributed by atoms with van der Waals surface area (Å²) in [6.07, 6.45) is 3.53. The van der Waals surface area contributed by atoms with E-state index >= 15 is 0 Å². The predicted octanol–water partition coefficient (Wildman–Crippen LogP) is 6.27. The molecule has 0 radical (unpaired) electrons. The summed E-state index contributed by atoms with van der Waals surface area (Å²) in [5, 5.41) is 18.6. The van der Waals surface area contributed by atoms with Crippen LogP contribution in [0.1, 0.15) is 58.7 Å².